The Morgan fingerprint density at radius 3 is 2.92 bits per heavy atom. The number of hydrogen-bond donors (Lipinski definition) is 2. The molecule has 7 nitrogen and oxygen atoms in total. The molecule has 0 radical (unpaired) electrons. The number of nitrogens with one attached hydrogen (secondary N) is 1. The van der Waals surface area contributed by atoms with Gasteiger partial charge in [0, 0.05) is 17.8 Å². The van der Waals surface area contributed by atoms with Crippen LogP contribution < -0.4 is 5.32 Å². The lowest BCUT2D eigenvalue weighted by Crippen LogP contribution is -2.55. The van der Waals surface area contributed by atoms with Crippen molar-refractivity contribution in [3.05, 3.63) is 29.7 Å². The van der Waals surface area contributed by atoms with E-state index in [2.05, 4.69) is 20.3 Å². The fourth-order valence-electron chi connectivity index (χ4n) is 3.11. The Hall–Kier alpha value is -2.35. The molecule has 126 valence electrons. The molecule has 1 saturated carbocycles. The van der Waals surface area contributed by atoms with Crippen molar-refractivity contribution in [2.45, 2.75) is 38.1 Å². The zero-order chi connectivity index (χ0) is 17.2. The Balaban J connectivity index is 1.77. The molecule has 3 rings (SSSR count). The maximum Gasteiger partial charge on any atom is 0.308 e. The molecule has 2 aromatic rings. The smallest absolute Gasteiger partial charge is 0.308 e. The van der Waals surface area contributed by atoms with Crippen LogP contribution in [0.4, 0.5) is 0 Å². The van der Waals surface area contributed by atoms with Crippen LogP contribution in [0.3, 0.4) is 0 Å². The average Bonchev–Trinajstić information content (AvgIpc) is 3.05. The quantitative estimate of drug-likeness (QED) is 0.880. The number of carbonyl (C=O) groups is 2. The summed E-state index contributed by atoms with van der Waals surface area (Å²) in [6.07, 6.45) is 7.73. The van der Waals surface area contributed by atoms with E-state index < -0.39 is 17.4 Å². The van der Waals surface area contributed by atoms with Crippen molar-refractivity contribution in [3.63, 3.8) is 0 Å². The van der Waals surface area contributed by atoms with Crippen molar-refractivity contribution in [3.8, 4) is 10.7 Å². The van der Waals surface area contributed by atoms with Gasteiger partial charge in [0.1, 0.15) is 16.4 Å². The summed E-state index contributed by atoms with van der Waals surface area (Å²) in [4.78, 5) is 36.5. The van der Waals surface area contributed by atoms with Gasteiger partial charge in [0.05, 0.1) is 17.7 Å². The predicted octanol–water partition coefficient (Wildman–Crippen LogP) is 2.36. The first-order valence-corrected chi connectivity index (χ1v) is 8.65. The Bertz CT molecular complexity index is 749. The molecule has 0 aliphatic heterocycles. The van der Waals surface area contributed by atoms with E-state index in [0.717, 1.165) is 12.8 Å². The van der Waals surface area contributed by atoms with E-state index >= 15 is 0 Å². The Morgan fingerprint density at radius 2 is 2.21 bits per heavy atom. The van der Waals surface area contributed by atoms with E-state index in [9.17, 15) is 14.7 Å². The second kappa shape index (κ2) is 6.64. The number of aliphatic carboxylic acids is 1. The molecule has 2 aromatic heterocycles. The standard InChI is InChI=1S/C16H18N4O3S/c1-16(5-3-2-4-10(16)15(22)23)20-13(21)12-9-24-14(19-12)11-8-17-6-7-18-11/h6-10H,2-5H2,1H3,(H,20,21)(H,22,23). The van der Waals surface area contributed by atoms with Crippen LogP contribution >= 0.6 is 11.3 Å². The summed E-state index contributed by atoms with van der Waals surface area (Å²) in [5.41, 5.74) is 0.128. The van der Waals surface area contributed by atoms with Crippen molar-refractivity contribution in [1.82, 2.24) is 20.3 Å². The molecule has 1 aliphatic rings. The fourth-order valence-corrected chi connectivity index (χ4v) is 3.87. The maximum atomic E-state index is 12.5. The van der Waals surface area contributed by atoms with E-state index in [-0.39, 0.29) is 11.6 Å². The highest BCUT2D eigenvalue weighted by molar-refractivity contribution is 7.13. The first kappa shape index (κ1) is 16.5. The summed E-state index contributed by atoms with van der Waals surface area (Å²) in [5.74, 6) is -1.79. The lowest BCUT2D eigenvalue weighted by molar-refractivity contribution is -0.145. The highest BCUT2D eigenvalue weighted by Gasteiger charge is 2.42. The van der Waals surface area contributed by atoms with Crippen LogP contribution in [0.1, 0.15) is 43.1 Å². The highest BCUT2D eigenvalue weighted by atomic mass is 32.1. The monoisotopic (exact) mass is 346 g/mol. The van der Waals surface area contributed by atoms with Crippen molar-refractivity contribution in [2.75, 3.05) is 0 Å². The second-order valence-electron chi connectivity index (χ2n) is 6.14. The number of carboxylic acid groups (broad SMARTS) is 1. The molecule has 1 aliphatic carbocycles. The number of amides is 1. The summed E-state index contributed by atoms with van der Waals surface area (Å²) in [7, 11) is 0. The third-order valence-electron chi connectivity index (χ3n) is 4.42. The molecule has 24 heavy (non-hydrogen) atoms. The molecular formula is C16H18N4O3S. The summed E-state index contributed by atoms with van der Waals surface area (Å²) in [6.45, 7) is 1.80. The molecule has 2 N–H and O–H groups in total. The largest absolute Gasteiger partial charge is 0.481 e. The maximum absolute atomic E-state index is 12.5. The van der Waals surface area contributed by atoms with Gasteiger partial charge >= 0.3 is 5.97 Å². The summed E-state index contributed by atoms with van der Waals surface area (Å²) >= 11 is 1.31. The number of aromatic nitrogens is 3. The third-order valence-corrected chi connectivity index (χ3v) is 5.29. The van der Waals surface area contributed by atoms with E-state index in [0.29, 0.717) is 23.5 Å². The molecule has 8 heteroatoms. The zero-order valence-corrected chi connectivity index (χ0v) is 14.0. The van der Waals surface area contributed by atoms with Gasteiger partial charge in [-0.1, -0.05) is 12.8 Å². The average molecular weight is 346 g/mol. The van der Waals surface area contributed by atoms with Gasteiger partial charge < -0.3 is 10.4 Å². The molecule has 2 atom stereocenters. The van der Waals surface area contributed by atoms with Crippen LogP contribution in [0.15, 0.2) is 24.0 Å². The van der Waals surface area contributed by atoms with Gasteiger partial charge in [0.15, 0.2) is 0 Å². The van der Waals surface area contributed by atoms with E-state index in [4.69, 9.17) is 0 Å². The van der Waals surface area contributed by atoms with E-state index in [1.807, 2.05) is 0 Å². The van der Waals surface area contributed by atoms with Crippen LogP contribution in [0.2, 0.25) is 0 Å². The first-order valence-electron chi connectivity index (χ1n) is 7.77. The van der Waals surface area contributed by atoms with Gasteiger partial charge in [0.2, 0.25) is 0 Å². The van der Waals surface area contributed by atoms with Crippen LogP contribution in [-0.4, -0.2) is 37.5 Å². The number of carboxylic acids is 1. The van der Waals surface area contributed by atoms with Crippen molar-refractivity contribution < 1.29 is 14.7 Å². The van der Waals surface area contributed by atoms with Crippen LogP contribution in [0.25, 0.3) is 10.7 Å². The second-order valence-corrected chi connectivity index (χ2v) is 6.99. The van der Waals surface area contributed by atoms with Gasteiger partial charge in [-0.2, -0.15) is 0 Å². The van der Waals surface area contributed by atoms with Crippen molar-refractivity contribution in [2.24, 2.45) is 5.92 Å². The van der Waals surface area contributed by atoms with Gasteiger partial charge in [-0.25, -0.2) is 4.98 Å². The minimum Gasteiger partial charge on any atom is -0.481 e. The van der Waals surface area contributed by atoms with E-state index in [1.165, 1.54) is 11.3 Å². The van der Waals surface area contributed by atoms with Crippen LogP contribution in [0.5, 0.6) is 0 Å². The van der Waals surface area contributed by atoms with Crippen LogP contribution in [0, 0.1) is 5.92 Å². The number of carbonyl (C=O) groups excluding carboxylic acids is 1. The first-order chi connectivity index (χ1) is 11.5. The van der Waals surface area contributed by atoms with Crippen molar-refractivity contribution >= 4 is 23.2 Å². The van der Waals surface area contributed by atoms with Crippen molar-refractivity contribution in [1.29, 1.82) is 0 Å². The van der Waals surface area contributed by atoms with Gasteiger partial charge in [-0.15, -0.1) is 11.3 Å². The fraction of sp³-hybridized carbons (Fsp3) is 0.438. The predicted molar refractivity (Wildman–Crippen MR) is 88.6 cm³/mol. The van der Waals surface area contributed by atoms with Gasteiger partial charge in [-0.3, -0.25) is 19.6 Å². The summed E-state index contributed by atoms with van der Waals surface area (Å²) in [6, 6.07) is 0. The Kier molecular flexibility index (Phi) is 4.57. The SMILES string of the molecule is CC1(NC(=O)c2csc(-c3cnccn3)n2)CCCCC1C(=O)O. The molecular weight excluding hydrogens is 328 g/mol. The number of thiazole rings is 1. The molecule has 0 saturated heterocycles. The molecule has 0 bridgehead atoms. The topological polar surface area (TPSA) is 105 Å². The number of nitrogens with zero attached hydrogens (tertiary/aromatic N) is 3. The molecule has 0 spiro atoms. The molecule has 1 fully saturated rings. The molecule has 1 amide bonds. The van der Waals surface area contributed by atoms with Crippen LogP contribution in [-0.2, 0) is 4.79 Å². The Labute approximate surface area is 143 Å². The van der Waals surface area contributed by atoms with Gasteiger partial charge in [-0.05, 0) is 19.8 Å². The third kappa shape index (κ3) is 3.28. The number of hydrogen-bond acceptors (Lipinski definition) is 6. The normalized spacial score (nSPS) is 23.6. The zero-order valence-electron chi connectivity index (χ0n) is 13.2. The molecule has 2 unspecified atom stereocenters. The summed E-state index contributed by atoms with van der Waals surface area (Å²) in [5, 5.41) is 14.6. The number of rotatable bonds is 4. The minimum absolute atomic E-state index is 0.275. The van der Waals surface area contributed by atoms with E-state index in [1.54, 1.807) is 30.9 Å². The molecule has 2 heterocycles. The van der Waals surface area contributed by atoms with Gasteiger partial charge in [0.25, 0.3) is 5.91 Å². The molecule has 0 aromatic carbocycles. The highest BCUT2D eigenvalue weighted by Crippen LogP contribution is 2.34. The summed E-state index contributed by atoms with van der Waals surface area (Å²) < 4.78 is 0. The minimum atomic E-state index is -0.865. The lowest BCUT2D eigenvalue weighted by Gasteiger charge is -2.39. The lowest BCUT2D eigenvalue weighted by atomic mass is 9.74. The Morgan fingerprint density at radius 1 is 1.38 bits per heavy atom.